The van der Waals surface area contributed by atoms with Crippen molar-refractivity contribution in [1.82, 2.24) is 0 Å². The van der Waals surface area contributed by atoms with Gasteiger partial charge < -0.3 is 10.0 Å². The summed E-state index contributed by atoms with van der Waals surface area (Å²) in [6.07, 6.45) is 4.38. The van der Waals surface area contributed by atoms with E-state index in [1.165, 1.54) is 6.07 Å². The number of aliphatic hydroxyl groups is 1. The zero-order valence-corrected chi connectivity index (χ0v) is 9.36. The lowest BCUT2D eigenvalue weighted by Gasteiger charge is -2.28. The summed E-state index contributed by atoms with van der Waals surface area (Å²) < 4.78 is 13.7. The molecule has 1 unspecified atom stereocenters. The van der Waals surface area contributed by atoms with Crippen LogP contribution in [0.15, 0.2) is 30.4 Å². The van der Waals surface area contributed by atoms with Gasteiger partial charge in [0, 0.05) is 24.3 Å². The summed E-state index contributed by atoms with van der Waals surface area (Å²) in [4.78, 5) is 2.09. The molecule has 0 radical (unpaired) electrons. The Kier molecular flexibility index (Phi) is 3.25. The molecule has 2 nitrogen and oxygen atoms in total. The minimum atomic E-state index is -0.776. The molecule has 16 heavy (non-hydrogen) atoms. The Morgan fingerprint density at radius 2 is 2.19 bits per heavy atom. The van der Waals surface area contributed by atoms with Gasteiger partial charge in [0.2, 0.25) is 0 Å². The zero-order valence-electron chi connectivity index (χ0n) is 9.36. The highest BCUT2D eigenvalue weighted by Crippen LogP contribution is 2.29. The van der Waals surface area contributed by atoms with Crippen LogP contribution in [-0.2, 0) is 0 Å². The van der Waals surface area contributed by atoms with Crippen molar-refractivity contribution in [1.29, 1.82) is 0 Å². The zero-order chi connectivity index (χ0) is 11.5. The first kappa shape index (κ1) is 11.1. The maximum atomic E-state index is 13.7. The second-order valence-corrected chi connectivity index (χ2v) is 4.05. The first-order chi connectivity index (χ1) is 7.70. The Hall–Kier alpha value is -1.35. The van der Waals surface area contributed by atoms with Crippen molar-refractivity contribution >= 4 is 5.69 Å². The molecule has 1 aliphatic heterocycles. The normalized spacial score (nSPS) is 17.6. The third kappa shape index (κ3) is 2.09. The van der Waals surface area contributed by atoms with Gasteiger partial charge in [0.25, 0.3) is 0 Å². The van der Waals surface area contributed by atoms with Crippen molar-refractivity contribution in [2.75, 3.05) is 18.0 Å². The summed E-state index contributed by atoms with van der Waals surface area (Å²) >= 11 is 0. The van der Waals surface area contributed by atoms with Gasteiger partial charge in [-0.25, -0.2) is 4.39 Å². The van der Waals surface area contributed by atoms with E-state index in [0.29, 0.717) is 5.56 Å². The van der Waals surface area contributed by atoms with Crippen LogP contribution in [0.2, 0.25) is 0 Å². The maximum absolute atomic E-state index is 13.7. The number of hydrogen-bond acceptors (Lipinski definition) is 2. The predicted octanol–water partition coefficient (Wildman–Crippen LogP) is 2.65. The van der Waals surface area contributed by atoms with Crippen LogP contribution in [0.5, 0.6) is 0 Å². The Morgan fingerprint density at radius 3 is 2.81 bits per heavy atom. The van der Waals surface area contributed by atoms with Gasteiger partial charge in [0.15, 0.2) is 0 Å². The van der Waals surface area contributed by atoms with Crippen molar-refractivity contribution in [3.63, 3.8) is 0 Å². The minimum absolute atomic E-state index is 0.331. The molecule has 1 N–H and O–H groups in total. The van der Waals surface area contributed by atoms with Gasteiger partial charge >= 0.3 is 0 Å². The fraction of sp³-hybridized carbons (Fsp3) is 0.385. The van der Waals surface area contributed by atoms with Crippen LogP contribution in [-0.4, -0.2) is 18.2 Å². The summed E-state index contributed by atoms with van der Waals surface area (Å²) in [6, 6.07) is 4.95. The molecule has 0 amide bonds. The summed E-state index contributed by atoms with van der Waals surface area (Å²) in [5, 5.41) is 9.63. The minimum Gasteiger partial charge on any atom is -0.389 e. The number of hydrogen-bond donors (Lipinski definition) is 1. The van der Waals surface area contributed by atoms with E-state index in [2.05, 4.69) is 17.1 Å². The van der Waals surface area contributed by atoms with Gasteiger partial charge in [-0.15, -0.1) is 0 Å². The lowest BCUT2D eigenvalue weighted by atomic mass is 10.1. The molecule has 1 aromatic rings. The number of benzene rings is 1. The van der Waals surface area contributed by atoms with Crippen LogP contribution in [0, 0.1) is 5.82 Å². The molecule has 3 heteroatoms. The molecule has 2 rings (SSSR count). The van der Waals surface area contributed by atoms with E-state index in [-0.39, 0.29) is 5.82 Å². The highest BCUT2D eigenvalue weighted by atomic mass is 19.1. The quantitative estimate of drug-likeness (QED) is 0.776. The van der Waals surface area contributed by atoms with Crippen LogP contribution in [0.1, 0.15) is 25.0 Å². The maximum Gasteiger partial charge on any atom is 0.131 e. The van der Waals surface area contributed by atoms with Crippen molar-refractivity contribution in [3.05, 3.63) is 41.7 Å². The van der Waals surface area contributed by atoms with E-state index in [4.69, 9.17) is 0 Å². The van der Waals surface area contributed by atoms with Gasteiger partial charge in [-0.3, -0.25) is 0 Å². The van der Waals surface area contributed by atoms with Crippen molar-refractivity contribution in [3.8, 4) is 0 Å². The lowest BCUT2D eigenvalue weighted by molar-refractivity contribution is 0.194. The molecule has 0 aliphatic carbocycles. The van der Waals surface area contributed by atoms with Crippen LogP contribution in [0.25, 0.3) is 0 Å². The number of aliphatic hydroxyl groups excluding tert-OH is 1. The van der Waals surface area contributed by atoms with Crippen LogP contribution in [0.4, 0.5) is 10.1 Å². The molecule has 1 aliphatic rings. The smallest absolute Gasteiger partial charge is 0.131 e. The predicted molar refractivity (Wildman–Crippen MR) is 63.0 cm³/mol. The number of rotatable bonds is 2. The third-order valence-electron chi connectivity index (χ3n) is 2.85. The number of halogens is 1. The van der Waals surface area contributed by atoms with Crippen molar-refractivity contribution < 1.29 is 9.50 Å². The Balaban J connectivity index is 2.39. The Morgan fingerprint density at radius 1 is 1.38 bits per heavy atom. The van der Waals surface area contributed by atoms with Crippen molar-refractivity contribution in [2.24, 2.45) is 0 Å². The average molecular weight is 221 g/mol. The molecule has 1 aromatic carbocycles. The highest BCUT2D eigenvalue weighted by molar-refractivity contribution is 5.56. The molecule has 0 spiro atoms. The lowest BCUT2D eigenvalue weighted by Crippen LogP contribution is -2.28. The fourth-order valence-corrected chi connectivity index (χ4v) is 2.08. The van der Waals surface area contributed by atoms with E-state index in [9.17, 15) is 9.50 Å². The van der Waals surface area contributed by atoms with Crippen LogP contribution >= 0.6 is 0 Å². The first-order valence-electron chi connectivity index (χ1n) is 5.56. The SMILES string of the molecule is CC(O)c1c(F)cccc1N1CC=CCC1. The van der Waals surface area contributed by atoms with Gasteiger partial charge in [0.05, 0.1) is 6.10 Å². The fourth-order valence-electron chi connectivity index (χ4n) is 2.08. The van der Waals surface area contributed by atoms with E-state index < -0.39 is 6.10 Å². The molecule has 86 valence electrons. The summed E-state index contributed by atoms with van der Waals surface area (Å²) in [6.45, 7) is 3.25. The molecule has 1 atom stereocenters. The largest absolute Gasteiger partial charge is 0.389 e. The Labute approximate surface area is 95.0 Å². The van der Waals surface area contributed by atoms with Crippen LogP contribution < -0.4 is 4.90 Å². The standard InChI is InChI=1S/C13H16FNO/c1-10(16)13-11(14)6-5-7-12(13)15-8-3-2-4-9-15/h2-3,5-7,10,16H,4,8-9H2,1H3. The Bertz CT molecular complexity index is 401. The van der Waals surface area contributed by atoms with Gasteiger partial charge in [-0.2, -0.15) is 0 Å². The summed E-state index contributed by atoms with van der Waals surface area (Å²) in [5.74, 6) is -0.331. The van der Waals surface area contributed by atoms with Crippen LogP contribution in [0.3, 0.4) is 0 Å². The monoisotopic (exact) mass is 221 g/mol. The van der Waals surface area contributed by atoms with E-state index in [1.54, 1.807) is 13.0 Å². The molecular weight excluding hydrogens is 205 g/mol. The van der Waals surface area contributed by atoms with Crippen molar-refractivity contribution in [2.45, 2.75) is 19.4 Å². The third-order valence-corrected chi connectivity index (χ3v) is 2.85. The van der Waals surface area contributed by atoms with E-state index in [0.717, 1.165) is 25.2 Å². The number of anilines is 1. The topological polar surface area (TPSA) is 23.5 Å². The molecule has 1 heterocycles. The van der Waals surface area contributed by atoms with E-state index in [1.807, 2.05) is 6.07 Å². The summed E-state index contributed by atoms with van der Waals surface area (Å²) in [5.41, 5.74) is 1.21. The molecular formula is C13H16FNO. The summed E-state index contributed by atoms with van der Waals surface area (Å²) in [7, 11) is 0. The van der Waals surface area contributed by atoms with Gasteiger partial charge in [-0.05, 0) is 25.5 Å². The second-order valence-electron chi connectivity index (χ2n) is 4.05. The molecule has 0 bridgehead atoms. The molecule has 0 fully saturated rings. The molecule has 0 saturated heterocycles. The van der Waals surface area contributed by atoms with Gasteiger partial charge in [0.1, 0.15) is 5.82 Å². The van der Waals surface area contributed by atoms with Gasteiger partial charge in [-0.1, -0.05) is 18.2 Å². The highest BCUT2D eigenvalue weighted by Gasteiger charge is 2.18. The van der Waals surface area contributed by atoms with E-state index >= 15 is 0 Å². The molecule has 0 saturated carbocycles. The second kappa shape index (κ2) is 4.66. The molecule has 0 aromatic heterocycles. The number of nitrogens with zero attached hydrogens (tertiary/aromatic N) is 1. The first-order valence-corrected chi connectivity index (χ1v) is 5.56. The average Bonchev–Trinajstić information content (AvgIpc) is 2.29.